The maximum absolute atomic E-state index is 12.0. The first-order valence-electron chi connectivity index (χ1n) is 6.10. The van der Waals surface area contributed by atoms with Gasteiger partial charge in [-0.05, 0) is 18.2 Å². The number of rotatable bonds is 5. The number of benzene rings is 1. The number of urea groups is 1. The van der Waals surface area contributed by atoms with Gasteiger partial charge in [0.15, 0.2) is 0 Å². The third-order valence-corrected chi connectivity index (χ3v) is 3.25. The Morgan fingerprint density at radius 3 is 2.57 bits per heavy atom. The number of amides is 3. The predicted molar refractivity (Wildman–Crippen MR) is 81.4 cm³/mol. The fourth-order valence-electron chi connectivity index (χ4n) is 1.51. The highest BCUT2D eigenvalue weighted by Crippen LogP contribution is 2.21. The second-order valence-electron chi connectivity index (χ2n) is 4.27. The average Bonchev–Trinajstić information content (AvgIpc) is 2.43. The number of carboxylic acids is 1. The highest BCUT2D eigenvalue weighted by atomic mass is 79.9. The minimum atomic E-state index is -1.13. The van der Waals surface area contributed by atoms with Crippen LogP contribution in [0.1, 0.15) is 16.8 Å². The zero-order chi connectivity index (χ0) is 16.0. The smallest absolute Gasteiger partial charge is 0.337 e. The zero-order valence-electron chi connectivity index (χ0n) is 11.6. The zero-order valence-corrected chi connectivity index (χ0v) is 13.2. The van der Waals surface area contributed by atoms with E-state index in [1.54, 1.807) is 6.07 Å². The highest BCUT2D eigenvalue weighted by Gasteiger charge is 2.15. The standard InChI is InChI=1S/C13H16BrN3O4/c1-15-11(18)5-6-17(2)13(21)16-10-7-8(14)3-4-9(10)12(19)20/h3-4,7H,5-6H2,1-2H3,(H,15,18)(H,16,21)(H,19,20). The number of aromatic carboxylic acids is 1. The molecule has 0 bridgehead atoms. The largest absolute Gasteiger partial charge is 0.478 e. The Bertz CT molecular complexity index is 562. The molecule has 1 aromatic rings. The van der Waals surface area contributed by atoms with E-state index < -0.39 is 12.0 Å². The molecule has 0 heterocycles. The van der Waals surface area contributed by atoms with Crippen LogP contribution in [0.5, 0.6) is 0 Å². The summed E-state index contributed by atoms with van der Waals surface area (Å²) >= 11 is 3.22. The molecule has 0 aliphatic rings. The molecule has 1 aromatic carbocycles. The Kier molecular flexibility index (Phi) is 6.16. The molecular weight excluding hydrogens is 342 g/mol. The van der Waals surface area contributed by atoms with Crippen LogP contribution in [0.15, 0.2) is 22.7 Å². The molecule has 3 N–H and O–H groups in total. The molecule has 7 nitrogen and oxygen atoms in total. The van der Waals surface area contributed by atoms with E-state index in [0.717, 1.165) is 0 Å². The lowest BCUT2D eigenvalue weighted by Gasteiger charge is -2.18. The van der Waals surface area contributed by atoms with Crippen molar-refractivity contribution >= 4 is 39.5 Å². The lowest BCUT2D eigenvalue weighted by Crippen LogP contribution is -2.34. The van der Waals surface area contributed by atoms with Gasteiger partial charge in [-0.1, -0.05) is 15.9 Å². The van der Waals surface area contributed by atoms with Crippen LogP contribution in [0.2, 0.25) is 0 Å². The van der Waals surface area contributed by atoms with Crippen molar-refractivity contribution in [3.63, 3.8) is 0 Å². The van der Waals surface area contributed by atoms with E-state index in [4.69, 9.17) is 5.11 Å². The van der Waals surface area contributed by atoms with Gasteiger partial charge in [-0.15, -0.1) is 0 Å². The molecule has 8 heteroatoms. The molecule has 0 atom stereocenters. The molecule has 0 saturated carbocycles. The van der Waals surface area contributed by atoms with Crippen LogP contribution in [0.4, 0.5) is 10.5 Å². The number of hydrogen-bond acceptors (Lipinski definition) is 3. The maximum atomic E-state index is 12.0. The molecule has 21 heavy (non-hydrogen) atoms. The second-order valence-corrected chi connectivity index (χ2v) is 5.19. The maximum Gasteiger partial charge on any atom is 0.337 e. The third kappa shape index (κ3) is 5.07. The lowest BCUT2D eigenvalue weighted by atomic mass is 10.2. The van der Waals surface area contributed by atoms with Gasteiger partial charge >= 0.3 is 12.0 Å². The first-order valence-corrected chi connectivity index (χ1v) is 6.90. The van der Waals surface area contributed by atoms with Crippen molar-refractivity contribution in [1.29, 1.82) is 0 Å². The minimum absolute atomic E-state index is 0.00810. The Morgan fingerprint density at radius 2 is 2.00 bits per heavy atom. The molecule has 0 aromatic heterocycles. The summed E-state index contributed by atoms with van der Waals surface area (Å²) in [6, 6.07) is 3.99. The quantitative estimate of drug-likeness (QED) is 0.747. The van der Waals surface area contributed by atoms with Crippen LogP contribution in [0, 0.1) is 0 Å². The average molecular weight is 358 g/mol. The van der Waals surface area contributed by atoms with E-state index in [1.165, 1.54) is 31.1 Å². The second kappa shape index (κ2) is 7.63. The molecule has 0 saturated heterocycles. The Hall–Kier alpha value is -2.09. The molecule has 0 aliphatic heterocycles. The van der Waals surface area contributed by atoms with E-state index in [0.29, 0.717) is 4.47 Å². The molecule has 3 amide bonds. The fraction of sp³-hybridized carbons (Fsp3) is 0.308. The Labute approximate surface area is 130 Å². The van der Waals surface area contributed by atoms with Crippen LogP contribution < -0.4 is 10.6 Å². The summed E-state index contributed by atoms with van der Waals surface area (Å²) in [5.41, 5.74) is 0.180. The number of nitrogens with zero attached hydrogens (tertiary/aromatic N) is 1. The lowest BCUT2D eigenvalue weighted by molar-refractivity contribution is -0.120. The van der Waals surface area contributed by atoms with Crippen LogP contribution in [0.25, 0.3) is 0 Å². The van der Waals surface area contributed by atoms with Crippen LogP contribution >= 0.6 is 15.9 Å². The van der Waals surface area contributed by atoms with E-state index >= 15 is 0 Å². The van der Waals surface area contributed by atoms with Crippen molar-refractivity contribution in [2.45, 2.75) is 6.42 Å². The topological polar surface area (TPSA) is 98.7 Å². The Balaban J connectivity index is 2.76. The van der Waals surface area contributed by atoms with Crippen molar-refractivity contribution in [2.75, 3.05) is 26.0 Å². The van der Waals surface area contributed by atoms with E-state index in [2.05, 4.69) is 26.6 Å². The first-order chi connectivity index (χ1) is 9.85. The molecule has 1 rings (SSSR count). The number of carboxylic acid groups (broad SMARTS) is 1. The minimum Gasteiger partial charge on any atom is -0.478 e. The van der Waals surface area contributed by atoms with E-state index in [9.17, 15) is 14.4 Å². The molecule has 0 fully saturated rings. The van der Waals surface area contributed by atoms with Crippen LogP contribution in [0.3, 0.4) is 0 Å². The van der Waals surface area contributed by atoms with Crippen molar-refractivity contribution in [2.24, 2.45) is 0 Å². The summed E-state index contributed by atoms with van der Waals surface area (Å²) in [6.07, 6.45) is 0.171. The van der Waals surface area contributed by atoms with Crippen molar-refractivity contribution in [3.05, 3.63) is 28.2 Å². The Morgan fingerprint density at radius 1 is 1.33 bits per heavy atom. The fourth-order valence-corrected chi connectivity index (χ4v) is 1.87. The summed E-state index contributed by atoms with van der Waals surface area (Å²) in [5.74, 6) is -1.31. The van der Waals surface area contributed by atoms with Crippen molar-refractivity contribution in [3.8, 4) is 0 Å². The van der Waals surface area contributed by atoms with Gasteiger partial charge in [0.2, 0.25) is 5.91 Å². The third-order valence-electron chi connectivity index (χ3n) is 2.75. The summed E-state index contributed by atoms with van der Waals surface area (Å²) in [6.45, 7) is 0.224. The van der Waals surface area contributed by atoms with Gasteiger partial charge in [0.1, 0.15) is 0 Å². The molecule has 0 aliphatic carbocycles. The highest BCUT2D eigenvalue weighted by molar-refractivity contribution is 9.10. The van der Waals surface area contributed by atoms with Gasteiger partial charge in [0, 0.05) is 31.5 Å². The van der Waals surface area contributed by atoms with Crippen LogP contribution in [-0.2, 0) is 4.79 Å². The van der Waals surface area contributed by atoms with Gasteiger partial charge < -0.3 is 20.6 Å². The number of hydrogen-bond donors (Lipinski definition) is 3. The summed E-state index contributed by atoms with van der Waals surface area (Å²) in [7, 11) is 3.04. The van der Waals surface area contributed by atoms with Gasteiger partial charge in [-0.2, -0.15) is 0 Å². The number of halogens is 1. The molecular formula is C13H16BrN3O4. The number of nitrogens with one attached hydrogen (secondary N) is 2. The molecule has 114 valence electrons. The summed E-state index contributed by atoms with van der Waals surface area (Å²) in [5, 5.41) is 14.1. The number of carbonyl (C=O) groups excluding carboxylic acids is 2. The van der Waals surface area contributed by atoms with Gasteiger partial charge in [0.05, 0.1) is 11.3 Å². The van der Waals surface area contributed by atoms with E-state index in [1.807, 2.05) is 0 Å². The number of carbonyl (C=O) groups is 3. The monoisotopic (exact) mass is 357 g/mol. The summed E-state index contributed by atoms with van der Waals surface area (Å²) in [4.78, 5) is 35.5. The molecule has 0 radical (unpaired) electrons. The van der Waals surface area contributed by atoms with Crippen LogP contribution in [-0.4, -0.2) is 48.6 Å². The first kappa shape index (κ1) is 17.0. The van der Waals surface area contributed by atoms with Gasteiger partial charge in [-0.3, -0.25) is 4.79 Å². The van der Waals surface area contributed by atoms with Crippen molar-refractivity contribution in [1.82, 2.24) is 10.2 Å². The normalized spacial score (nSPS) is 9.86. The molecule has 0 unspecified atom stereocenters. The molecule has 0 spiro atoms. The van der Waals surface area contributed by atoms with Gasteiger partial charge in [0.25, 0.3) is 0 Å². The number of anilines is 1. The summed E-state index contributed by atoms with van der Waals surface area (Å²) < 4.78 is 0.649. The van der Waals surface area contributed by atoms with Crippen molar-refractivity contribution < 1.29 is 19.5 Å². The predicted octanol–water partition coefficient (Wildman–Crippen LogP) is 1.75. The SMILES string of the molecule is CNC(=O)CCN(C)C(=O)Nc1cc(Br)ccc1C(=O)O. The van der Waals surface area contributed by atoms with E-state index in [-0.39, 0.29) is 30.1 Å². The van der Waals surface area contributed by atoms with Gasteiger partial charge in [-0.25, -0.2) is 9.59 Å².